The van der Waals surface area contributed by atoms with Crippen molar-refractivity contribution in [1.82, 2.24) is 0 Å². The second-order valence-corrected chi connectivity index (χ2v) is 3.55. The maximum atomic E-state index is 12.8. The highest BCUT2D eigenvalue weighted by atomic mass is 19.4. The lowest BCUT2D eigenvalue weighted by atomic mass is 10.0. The molecule has 18 heavy (non-hydrogen) atoms. The molecule has 0 unspecified atom stereocenters. The van der Waals surface area contributed by atoms with Gasteiger partial charge >= 0.3 is 12.1 Å². The van der Waals surface area contributed by atoms with Gasteiger partial charge in [0.05, 0.1) is 11.8 Å². The molecule has 0 radical (unpaired) electrons. The van der Waals surface area contributed by atoms with Crippen molar-refractivity contribution in [2.24, 2.45) is 0 Å². The Morgan fingerprint density at radius 2 is 1.89 bits per heavy atom. The van der Waals surface area contributed by atoms with Crippen LogP contribution in [0.5, 0.6) is 0 Å². The van der Waals surface area contributed by atoms with Gasteiger partial charge in [-0.1, -0.05) is 18.2 Å². The molecular weight excluding hydrogens is 249 g/mol. The molecule has 1 aromatic heterocycles. The summed E-state index contributed by atoms with van der Waals surface area (Å²) < 4.78 is 42.9. The molecule has 0 aliphatic heterocycles. The average Bonchev–Trinajstić information content (AvgIpc) is 2.77. The summed E-state index contributed by atoms with van der Waals surface area (Å²) in [6, 6.07) is 5.97. The summed E-state index contributed by atoms with van der Waals surface area (Å²) >= 11 is 0. The number of benzene rings is 1. The lowest BCUT2D eigenvalue weighted by molar-refractivity contribution is -0.137. The first kappa shape index (κ1) is 12.2. The molecule has 6 heteroatoms. The normalized spacial score (nSPS) is 11.5. The van der Waals surface area contributed by atoms with Crippen molar-refractivity contribution < 1.29 is 27.5 Å². The van der Waals surface area contributed by atoms with Gasteiger partial charge in [-0.05, 0) is 17.7 Å². The van der Waals surface area contributed by atoms with Crippen LogP contribution in [0.2, 0.25) is 0 Å². The summed E-state index contributed by atoms with van der Waals surface area (Å²) in [5.74, 6) is -1.73. The third-order valence-corrected chi connectivity index (χ3v) is 2.35. The molecule has 1 aromatic carbocycles. The highest BCUT2D eigenvalue weighted by Gasteiger charge is 2.33. The summed E-state index contributed by atoms with van der Waals surface area (Å²) in [6.07, 6.45) is -3.51. The van der Waals surface area contributed by atoms with Crippen LogP contribution in [0.15, 0.2) is 41.0 Å². The SMILES string of the molecule is O=C(O)c1cc(-c2ccccc2C(F)(F)F)co1. The van der Waals surface area contributed by atoms with E-state index in [4.69, 9.17) is 5.11 Å². The van der Waals surface area contributed by atoms with Crippen molar-refractivity contribution in [2.45, 2.75) is 6.18 Å². The van der Waals surface area contributed by atoms with E-state index in [9.17, 15) is 18.0 Å². The van der Waals surface area contributed by atoms with Crippen molar-refractivity contribution in [3.8, 4) is 11.1 Å². The van der Waals surface area contributed by atoms with E-state index in [1.165, 1.54) is 18.2 Å². The van der Waals surface area contributed by atoms with Crippen LogP contribution in [-0.2, 0) is 6.18 Å². The van der Waals surface area contributed by atoms with E-state index in [-0.39, 0.29) is 11.1 Å². The number of carboxylic acids is 1. The fourth-order valence-electron chi connectivity index (χ4n) is 1.57. The Morgan fingerprint density at radius 1 is 1.22 bits per heavy atom. The average molecular weight is 256 g/mol. The number of hydrogen-bond donors (Lipinski definition) is 1. The van der Waals surface area contributed by atoms with E-state index in [2.05, 4.69) is 4.42 Å². The van der Waals surface area contributed by atoms with Gasteiger partial charge < -0.3 is 9.52 Å². The summed E-state index contributed by atoms with van der Waals surface area (Å²) in [5, 5.41) is 8.66. The van der Waals surface area contributed by atoms with Gasteiger partial charge in [-0.15, -0.1) is 0 Å². The predicted octanol–water partition coefficient (Wildman–Crippen LogP) is 3.66. The number of aromatic carboxylic acids is 1. The van der Waals surface area contributed by atoms with Crippen LogP contribution in [0.4, 0.5) is 13.2 Å². The molecule has 0 fully saturated rings. The Labute approximate surface area is 99.5 Å². The molecule has 1 N–H and O–H groups in total. The molecule has 0 saturated heterocycles. The van der Waals surface area contributed by atoms with Crippen LogP contribution in [-0.4, -0.2) is 11.1 Å². The molecule has 0 aliphatic carbocycles. The first-order chi connectivity index (χ1) is 8.39. The molecule has 94 valence electrons. The summed E-state index contributed by atoms with van der Waals surface area (Å²) in [7, 11) is 0. The summed E-state index contributed by atoms with van der Waals surface area (Å²) in [6.45, 7) is 0. The molecule has 0 spiro atoms. The van der Waals surface area contributed by atoms with Crippen molar-refractivity contribution in [3.63, 3.8) is 0 Å². The number of halogens is 3. The van der Waals surface area contributed by atoms with Gasteiger partial charge in [0.25, 0.3) is 0 Å². The van der Waals surface area contributed by atoms with Gasteiger partial charge in [0.15, 0.2) is 0 Å². The zero-order chi connectivity index (χ0) is 13.3. The molecule has 3 nitrogen and oxygen atoms in total. The van der Waals surface area contributed by atoms with Gasteiger partial charge in [-0.2, -0.15) is 13.2 Å². The molecular formula is C12H7F3O3. The molecule has 2 rings (SSSR count). The van der Waals surface area contributed by atoms with E-state index in [0.29, 0.717) is 0 Å². The van der Waals surface area contributed by atoms with Crippen molar-refractivity contribution >= 4 is 5.97 Å². The second-order valence-electron chi connectivity index (χ2n) is 3.55. The quantitative estimate of drug-likeness (QED) is 0.891. The minimum Gasteiger partial charge on any atom is -0.475 e. The fourth-order valence-corrected chi connectivity index (χ4v) is 1.57. The fraction of sp³-hybridized carbons (Fsp3) is 0.0833. The number of carbonyl (C=O) groups is 1. The van der Waals surface area contributed by atoms with E-state index in [1.54, 1.807) is 0 Å². The number of furan rings is 1. The van der Waals surface area contributed by atoms with E-state index in [0.717, 1.165) is 18.4 Å². The molecule has 0 saturated carbocycles. The van der Waals surface area contributed by atoms with Crippen LogP contribution in [0.3, 0.4) is 0 Å². The van der Waals surface area contributed by atoms with Gasteiger partial charge in [0.1, 0.15) is 0 Å². The maximum absolute atomic E-state index is 12.8. The highest BCUT2D eigenvalue weighted by Crippen LogP contribution is 2.37. The zero-order valence-electron chi connectivity index (χ0n) is 8.86. The Kier molecular flexibility index (Phi) is 2.86. The standard InChI is InChI=1S/C12H7F3O3/c13-12(14,15)9-4-2-1-3-8(9)7-5-10(11(16)17)18-6-7/h1-6H,(H,16,17). The molecule has 0 bridgehead atoms. The first-order valence-corrected chi connectivity index (χ1v) is 4.88. The van der Waals surface area contributed by atoms with Crippen LogP contribution < -0.4 is 0 Å². The predicted molar refractivity (Wildman–Crippen MR) is 56.1 cm³/mol. The molecule has 0 amide bonds. The zero-order valence-corrected chi connectivity index (χ0v) is 8.86. The largest absolute Gasteiger partial charge is 0.475 e. The highest BCUT2D eigenvalue weighted by molar-refractivity contribution is 5.86. The molecule has 0 atom stereocenters. The second kappa shape index (κ2) is 4.21. The third kappa shape index (κ3) is 2.22. The first-order valence-electron chi connectivity index (χ1n) is 4.88. The smallest absolute Gasteiger partial charge is 0.417 e. The van der Waals surface area contributed by atoms with Crippen LogP contribution >= 0.6 is 0 Å². The summed E-state index contributed by atoms with van der Waals surface area (Å²) in [5.41, 5.74) is -0.857. The number of rotatable bonds is 2. The maximum Gasteiger partial charge on any atom is 0.417 e. The topological polar surface area (TPSA) is 50.4 Å². The lowest BCUT2D eigenvalue weighted by Gasteiger charge is -2.10. The van der Waals surface area contributed by atoms with Crippen molar-refractivity contribution in [2.75, 3.05) is 0 Å². The molecule has 2 aromatic rings. The van der Waals surface area contributed by atoms with Crippen LogP contribution in [0, 0.1) is 0 Å². The Bertz CT molecular complexity index is 584. The number of carboxylic acid groups (broad SMARTS) is 1. The Morgan fingerprint density at radius 3 is 2.44 bits per heavy atom. The van der Waals surface area contributed by atoms with Crippen molar-refractivity contribution in [1.29, 1.82) is 0 Å². The van der Waals surface area contributed by atoms with Crippen LogP contribution in [0.1, 0.15) is 16.1 Å². The third-order valence-electron chi connectivity index (χ3n) is 2.35. The van der Waals surface area contributed by atoms with Gasteiger partial charge in [-0.25, -0.2) is 4.79 Å². The van der Waals surface area contributed by atoms with Crippen LogP contribution in [0.25, 0.3) is 11.1 Å². The van der Waals surface area contributed by atoms with E-state index >= 15 is 0 Å². The van der Waals surface area contributed by atoms with Gasteiger partial charge in [0.2, 0.25) is 5.76 Å². The summed E-state index contributed by atoms with van der Waals surface area (Å²) in [4.78, 5) is 10.6. The van der Waals surface area contributed by atoms with Crippen molar-refractivity contribution in [3.05, 3.63) is 47.9 Å². The minimum absolute atomic E-state index is 0.0836. The minimum atomic E-state index is -4.50. The van der Waals surface area contributed by atoms with Gasteiger partial charge in [-0.3, -0.25) is 0 Å². The van der Waals surface area contributed by atoms with Gasteiger partial charge in [0, 0.05) is 5.56 Å². The number of alkyl halides is 3. The Hall–Kier alpha value is -2.24. The molecule has 1 heterocycles. The monoisotopic (exact) mass is 256 g/mol. The van der Waals surface area contributed by atoms with E-state index in [1.807, 2.05) is 0 Å². The molecule has 0 aliphatic rings. The Balaban J connectivity index is 2.53. The lowest BCUT2D eigenvalue weighted by Crippen LogP contribution is -2.06. The number of hydrogen-bond acceptors (Lipinski definition) is 2. The van der Waals surface area contributed by atoms with E-state index < -0.39 is 23.5 Å².